The van der Waals surface area contributed by atoms with Crippen molar-refractivity contribution in [3.8, 4) is 0 Å². The molecule has 7 nitrogen and oxygen atoms in total. The molecule has 8 heteroatoms. The van der Waals surface area contributed by atoms with Gasteiger partial charge in [-0.15, -0.1) is 0 Å². The van der Waals surface area contributed by atoms with Crippen LogP contribution in [-0.2, 0) is 14.8 Å². The smallest absolute Gasteiger partial charge is 0.323 e. The van der Waals surface area contributed by atoms with E-state index in [1.54, 1.807) is 18.2 Å². The molecule has 0 saturated carbocycles. The van der Waals surface area contributed by atoms with Crippen LogP contribution < -0.4 is 5.32 Å². The second-order valence-electron chi connectivity index (χ2n) is 4.61. The molecule has 0 radical (unpaired) electrons. The van der Waals surface area contributed by atoms with Crippen LogP contribution in [0.2, 0.25) is 0 Å². The minimum absolute atomic E-state index is 0.115. The van der Waals surface area contributed by atoms with Gasteiger partial charge in [-0.2, -0.15) is 4.31 Å². The zero-order chi connectivity index (χ0) is 14.8. The Hall–Kier alpha value is -1.51. The average Bonchev–Trinajstić information content (AvgIpc) is 2.47. The topological polar surface area (TPSA) is 99.6 Å². The lowest BCUT2D eigenvalue weighted by atomic mass is 10.2. The van der Waals surface area contributed by atoms with E-state index in [1.165, 1.54) is 13.1 Å². The monoisotopic (exact) mass is 299 g/mol. The molecule has 1 aliphatic heterocycles. The number of carbonyl (C=O) groups is 1. The number of carboxylic acid groups (broad SMARTS) is 1. The fraction of sp³-hybridized carbons (Fsp3) is 0.500. The molecule has 0 aromatic carbocycles. The summed E-state index contributed by atoms with van der Waals surface area (Å²) in [5, 5.41) is 11.2. The quantitative estimate of drug-likeness (QED) is 0.801. The van der Waals surface area contributed by atoms with Gasteiger partial charge in [-0.3, -0.25) is 9.78 Å². The number of hydrogen-bond acceptors (Lipinski definition) is 5. The zero-order valence-electron chi connectivity index (χ0n) is 11.1. The zero-order valence-corrected chi connectivity index (χ0v) is 11.9. The van der Waals surface area contributed by atoms with Gasteiger partial charge in [-0.25, -0.2) is 8.42 Å². The summed E-state index contributed by atoms with van der Waals surface area (Å²) in [6.07, 6.45) is 1.52. The summed E-state index contributed by atoms with van der Waals surface area (Å²) in [4.78, 5) is 15.2. The Morgan fingerprint density at radius 3 is 2.90 bits per heavy atom. The molecule has 0 amide bonds. The second kappa shape index (κ2) is 5.86. The molecule has 2 N–H and O–H groups in total. The van der Waals surface area contributed by atoms with E-state index in [2.05, 4.69) is 10.3 Å². The van der Waals surface area contributed by atoms with Crippen molar-refractivity contribution in [2.75, 3.05) is 19.6 Å². The van der Waals surface area contributed by atoms with E-state index in [0.717, 1.165) is 4.31 Å². The van der Waals surface area contributed by atoms with Crippen LogP contribution in [0.15, 0.2) is 24.4 Å². The summed E-state index contributed by atoms with van der Waals surface area (Å²) >= 11 is 0. The van der Waals surface area contributed by atoms with E-state index in [-0.39, 0.29) is 13.1 Å². The molecule has 110 valence electrons. The van der Waals surface area contributed by atoms with Crippen LogP contribution in [0.4, 0.5) is 0 Å². The summed E-state index contributed by atoms with van der Waals surface area (Å²) in [6.45, 7) is 2.23. The largest absolute Gasteiger partial charge is 0.480 e. The predicted octanol–water partition coefficient (Wildman–Crippen LogP) is -0.169. The third-order valence-corrected chi connectivity index (χ3v) is 5.58. The third kappa shape index (κ3) is 2.82. The van der Waals surface area contributed by atoms with Gasteiger partial charge in [-0.1, -0.05) is 6.07 Å². The molecule has 1 aromatic heterocycles. The van der Waals surface area contributed by atoms with Crippen LogP contribution in [0.1, 0.15) is 17.9 Å². The predicted molar refractivity (Wildman–Crippen MR) is 72.6 cm³/mol. The molecule has 0 unspecified atom stereocenters. The van der Waals surface area contributed by atoms with Crippen LogP contribution in [0.3, 0.4) is 0 Å². The number of piperazine rings is 1. The molecule has 2 heterocycles. The normalized spacial score (nSPS) is 22.4. The first kappa shape index (κ1) is 14.9. The van der Waals surface area contributed by atoms with Crippen molar-refractivity contribution in [3.63, 3.8) is 0 Å². The summed E-state index contributed by atoms with van der Waals surface area (Å²) in [7, 11) is -3.76. The molecule has 0 aliphatic carbocycles. The van der Waals surface area contributed by atoms with Crippen molar-refractivity contribution in [1.82, 2.24) is 14.6 Å². The van der Waals surface area contributed by atoms with Crippen molar-refractivity contribution in [2.45, 2.75) is 18.2 Å². The molecule has 1 aliphatic rings. The van der Waals surface area contributed by atoms with Gasteiger partial charge in [0, 0.05) is 25.8 Å². The number of pyridine rings is 1. The molecule has 0 bridgehead atoms. The fourth-order valence-electron chi connectivity index (χ4n) is 2.17. The first-order valence-electron chi connectivity index (χ1n) is 6.29. The summed E-state index contributed by atoms with van der Waals surface area (Å²) in [5.74, 6) is -1.14. The highest BCUT2D eigenvalue weighted by molar-refractivity contribution is 7.89. The average molecular weight is 299 g/mol. The van der Waals surface area contributed by atoms with Crippen molar-refractivity contribution < 1.29 is 18.3 Å². The highest BCUT2D eigenvalue weighted by Gasteiger charge is 2.40. The number of nitrogens with one attached hydrogen (secondary N) is 1. The van der Waals surface area contributed by atoms with E-state index < -0.39 is 27.3 Å². The highest BCUT2D eigenvalue weighted by atomic mass is 32.2. The summed E-state index contributed by atoms with van der Waals surface area (Å²) < 4.78 is 26.3. The van der Waals surface area contributed by atoms with E-state index >= 15 is 0 Å². The van der Waals surface area contributed by atoms with Crippen LogP contribution in [0, 0.1) is 0 Å². The molecular formula is C12H17N3O4S. The number of rotatable bonds is 4. The van der Waals surface area contributed by atoms with Gasteiger partial charge < -0.3 is 10.4 Å². The molecule has 20 heavy (non-hydrogen) atoms. The van der Waals surface area contributed by atoms with Crippen molar-refractivity contribution >= 4 is 16.0 Å². The van der Waals surface area contributed by atoms with Crippen LogP contribution in [0.25, 0.3) is 0 Å². The SMILES string of the molecule is C[C@@H](c1ccccn1)S(=O)(=O)N1CCNC[C@@H]1C(=O)O. The highest BCUT2D eigenvalue weighted by Crippen LogP contribution is 2.25. The van der Waals surface area contributed by atoms with Gasteiger partial charge in [0.1, 0.15) is 11.3 Å². The van der Waals surface area contributed by atoms with E-state index in [0.29, 0.717) is 12.2 Å². The van der Waals surface area contributed by atoms with E-state index in [1.807, 2.05) is 0 Å². The number of aliphatic carboxylic acids is 1. The van der Waals surface area contributed by atoms with Gasteiger partial charge in [0.25, 0.3) is 0 Å². The Kier molecular flexibility index (Phi) is 4.36. The lowest BCUT2D eigenvalue weighted by Gasteiger charge is -2.34. The Balaban J connectivity index is 2.31. The van der Waals surface area contributed by atoms with Crippen LogP contribution in [0.5, 0.6) is 0 Å². The van der Waals surface area contributed by atoms with E-state index in [4.69, 9.17) is 5.11 Å². The van der Waals surface area contributed by atoms with Crippen LogP contribution in [-0.4, -0.2) is 54.5 Å². The number of nitrogens with zero attached hydrogens (tertiary/aromatic N) is 2. The number of sulfonamides is 1. The van der Waals surface area contributed by atoms with E-state index in [9.17, 15) is 13.2 Å². The molecule has 1 saturated heterocycles. The maximum absolute atomic E-state index is 12.6. The summed E-state index contributed by atoms with van der Waals surface area (Å²) in [5.41, 5.74) is 0.412. The first-order valence-corrected chi connectivity index (χ1v) is 7.80. The number of hydrogen-bond donors (Lipinski definition) is 2. The Labute approximate surface area is 117 Å². The number of carboxylic acids is 1. The standard InChI is InChI=1S/C12H17N3O4S/c1-9(10-4-2-3-5-14-10)20(18,19)15-7-6-13-8-11(15)12(16)17/h2-5,9,11,13H,6-8H2,1H3,(H,16,17)/t9-,11+/m0/s1. The fourth-order valence-corrected chi connectivity index (χ4v) is 3.89. The molecular weight excluding hydrogens is 282 g/mol. The maximum atomic E-state index is 12.6. The van der Waals surface area contributed by atoms with Crippen LogP contribution >= 0.6 is 0 Å². The molecule has 1 fully saturated rings. The Bertz CT molecular complexity index is 576. The molecule has 2 atom stereocenters. The first-order chi connectivity index (χ1) is 9.44. The van der Waals surface area contributed by atoms with Gasteiger partial charge in [0.05, 0.1) is 5.69 Å². The number of aromatic nitrogens is 1. The van der Waals surface area contributed by atoms with Gasteiger partial charge in [-0.05, 0) is 19.1 Å². The molecule has 0 spiro atoms. The van der Waals surface area contributed by atoms with Gasteiger partial charge in [0.15, 0.2) is 0 Å². The Morgan fingerprint density at radius 1 is 1.55 bits per heavy atom. The van der Waals surface area contributed by atoms with Gasteiger partial charge in [0.2, 0.25) is 10.0 Å². The van der Waals surface area contributed by atoms with Crippen molar-refractivity contribution in [1.29, 1.82) is 0 Å². The summed E-state index contributed by atoms with van der Waals surface area (Å²) in [6, 6.07) is 3.97. The second-order valence-corrected chi connectivity index (χ2v) is 6.82. The lowest BCUT2D eigenvalue weighted by molar-refractivity contribution is -0.141. The van der Waals surface area contributed by atoms with Crippen molar-refractivity contribution in [2.24, 2.45) is 0 Å². The molecule has 1 aromatic rings. The Morgan fingerprint density at radius 2 is 2.30 bits per heavy atom. The third-order valence-electron chi connectivity index (χ3n) is 3.36. The maximum Gasteiger partial charge on any atom is 0.323 e. The van der Waals surface area contributed by atoms with Crippen molar-refractivity contribution in [3.05, 3.63) is 30.1 Å². The minimum atomic E-state index is -3.76. The minimum Gasteiger partial charge on any atom is -0.480 e. The lowest BCUT2D eigenvalue weighted by Crippen LogP contribution is -2.57. The molecule has 2 rings (SSSR count). The van der Waals surface area contributed by atoms with Gasteiger partial charge >= 0.3 is 5.97 Å².